The van der Waals surface area contributed by atoms with Crippen LogP contribution >= 0.6 is 0 Å². The Kier molecular flexibility index (Phi) is 6.65. The summed E-state index contributed by atoms with van der Waals surface area (Å²) in [6, 6.07) is 5.26. The van der Waals surface area contributed by atoms with Crippen molar-refractivity contribution in [3.8, 4) is 5.75 Å². The van der Waals surface area contributed by atoms with Gasteiger partial charge in [0.05, 0.1) is 6.54 Å². The van der Waals surface area contributed by atoms with E-state index in [2.05, 4.69) is 10.6 Å². The summed E-state index contributed by atoms with van der Waals surface area (Å²) in [6.07, 6.45) is 0.394. The van der Waals surface area contributed by atoms with Crippen molar-refractivity contribution in [1.29, 1.82) is 0 Å². The van der Waals surface area contributed by atoms with Gasteiger partial charge in [0.2, 0.25) is 11.8 Å². The van der Waals surface area contributed by atoms with E-state index in [1.807, 2.05) is 6.92 Å². The van der Waals surface area contributed by atoms with E-state index in [1.165, 1.54) is 19.1 Å². The molecule has 21 heavy (non-hydrogen) atoms. The van der Waals surface area contributed by atoms with Gasteiger partial charge in [-0.15, -0.1) is 0 Å². The molecule has 0 aliphatic rings. The molecule has 0 saturated heterocycles. The zero-order valence-electron chi connectivity index (χ0n) is 12.5. The van der Waals surface area contributed by atoms with E-state index < -0.39 is 6.04 Å². The van der Waals surface area contributed by atoms with E-state index in [0.29, 0.717) is 12.2 Å². The highest BCUT2D eigenvalue weighted by Crippen LogP contribution is 2.14. The molecule has 2 atom stereocenters. The minimum Gasteiger partial charge on any atom is -0.489 e. The molecule has 2 unspecified atom stereocenters. The normalized spacial score (nSPS) is 13.1. The molecule has 1 aromatic rings. The third kappa shape index (κ3) is 6.25. The van der Waals surface area contributed by atoms with Crippen molar-refractivity contribution in [2.24, 2.45) is 0 Å². The predicted molar refractivity (Wildman–Crippen MR) is 77.4 cm³/mol. The van der Waals surface area contributed by atoms with Crippen molar-refractivity contribution in [3.63, 3.8) is 0 Å². The second kappa shape index (κ2) is 8.24. The van der Waals surface area contributed by atoms with Crippen LogP contribution in [0.15, 0.2) is 24.3 Å². The Bertz CT molecular complexity index is 494. The summed E-state index contributed by atoms with van der Waals surface area (Å²) in [5.74, 6) is -0.496. The van der Waals surface area contributed by atoms with Crippen LogP contribution < -0.4 is 15.4 Å². The van der Waals surface area contributed by atoms with E-state index in [9.17, 15) is 14.0 Å². The molecule has 0 bridgehead atoms. The summed E-state index contributed by atoms with van der Waals surface area (Å²) in [5, 5.41) is 5.20. The predicted octanol–water partition coefficient (Wildman–Crippen LogP) is 1.62. The zero-order valence-corrected chi connectivity index (χ0v) is 12.5. The van der Waals surface area contributed by atoms with E-state index in [0.717, 1.165) is 0 Å². The molecule has 2 amide bonds. The lowest BCUT2D eigenvalue weighted by Gasteiger charge is -2.20. The highest BCUT2D eigenvalue weighted by molar-refractivity contribution is 5.86. The first-order chi connectivity index (χ1) is 9.92. The molecule has 5 nitrogen and oxygen atoms in total. The molecule has 2 N–H and O–H groups in total. The van der Waals surface area contributed by atoms with Crippen LogP contribution in [-0.4, -0.2) is 30.5 Å². The fourth-order valence-electron chi connectivity index (χ4n) is 1.74. The first-order valence-corrected chi connectivity index (χ1v) is 6.89. The van der Waals surface area contributed by atoms with Crippen LogP contribution in [0.2, 0.25) is 0 Å². The number of nitrogens with one attached hydrogen (secondary N) is 2. The SMILES string of the molecule is CCC(CNC(=O)C(C)NC(C)=O)Oc1cccc(F)c1. The van der Waals surface area contributed by atoms with Crippen LogP contribution in [0.3, 0.4) is 0 Å². The third-order valence-electron chi connectivity index (χ3n) is 2.87. The number of hydrogen-bond acceptors (Lipinski definition) is 3. The first kappa shape index (κ1) is 16.9. The maximum absolute atomic E-state index is 13.1. The lowest BCUT2D eigenvalue weighted by atomic mass is 10.2. The van der Waals surface area contributed by atoms with Crippen molar-refractivity contribution in [2.45, 2.75) is 39.3 Å². The maximum Gasteiger partial charge on any atom is 0.242 e. The molecule has 0 saturated carbocycles. The molecule has 1 aromatic carbocycles. The highest BCUT2D eigenvalue weighted by atomic mass is 19.1. The summed E-state index contributed by atoms with van der Waals surface area (Å²) >= 11 is 0. The molecule has 0 aromatic heterocycles. The van der Waals surface area contributed by atoms with Crippen molar-refractivity contribution in [2.75, 3.05) is 6.54 Å². The Morgan fingerprint density at radius 1 is 1.38 bits per heavy atom. The van der Waals surface area contributed by atoms with Crippen LogP contribution in [0, 0.1) is 5.82 Å². The smallest absolute Gasteiger partial charge is 0.242 e. The number of carbonyl (C=O) groups is 2. The van der Waals surface area contributed by atoms with Crippen molar-refractivity contribution >= 4 is 11.8 Å². The number of benzene rings is 1. The average molecular weight is 296 g/mol. The second-order valence-electron chi connectivity index (χ2n) is 4.77. The number of carbonyl (C=O) groups excluding carboxylic acids is 2. The largest absolute Gasteiger partial charge is 0.489 e. The van der Waals surface area contributed by atoms with Crippen LogP contribution in [0.5, 0.6) is 5.75 Å². The molecule has 0 fully saturated rings. The molecule has 0 spiro atoms. The standard InChI is InChI=1S/C15H21FN2O3/c1-4-13(21-14-7-5-6-12(16)8-14)9-17-15(20)10(2)18-11(3)19/h5-8,10,13H,4,9H2,1-3H3,(H,17,20)(H,18,19). The number of amides is 2. The minimum absolute atomic E-state index is 0.263. The Balaban J connectivity index is 2.47. The summed E-state index contributed by atoms with van der Waals surface area (Å²) in [6.45, 7) is 5.15. The molecule has 0 aliphatic heterocycles. The molecule has 6 heteroatoms. The number of hydrogen-bond donors (Lipinski definition) is 2. The van der Waals surface area contributed by atoms with Gasteiger partial charge in [-0.05, 0) is 25.5 Å². The third-order valence-corrected chi connectivity index (χ3v) is 2.87. The summed E-state index contributed by atoms with van der Waals surface area (Å²) < 4.78 is 18.7. The maximum atomic E-state index is 13.1. The Morgan fingerprint density at radius 2 is 2.10 bits per heavy atom. The first-order valence-electron chi connectivity index (χ1n) is 6.89. The van der Waals surface area contributed by atoms with Crippen molar-refractivity contribution in [3.05, 3.63) is 30.1 Å². The minimum atomic E-state index is -0.603. The number of halogens is 1. The van der Waals surface area contributed by atoms with Gasteiger partial charge in [-0.1, -0.05) is 13.0 Å². The zero-order chi connectivity index (χ0) is 15.8. The van der Waals surface area contributed by atoms with E-state index in [4.69, 9.17) is 4.74 Å². The fourth-order valence-corrected chi connectivity index (χ4v) is 1.74. The van der Waals surface area contributed by atoms with Crippen molar-refractivity contribution < 1.29 is 18.7 Å². The lowest BCUT2D eigenvalue weighted by molar-refractivity contribution is -0.127. The Hall–Kier alpha value is -2.11. The lowest BCUT2D eigenvalue weighted by Crippen LogP contribution is -2.46. The molecular weight excluding hydrogens is 275 g/mol. The molecule has 0 heterocycles. The topological polar surface area (TPSA) is 67.4 Å². The monoisotopic (exact) mass is 296 g/mol. The van der Waals surface area contributed by atoms with Gasteiger partial charge in [-0.25, -0.2) is 4.39 Å². The van der Waals surface area contributed by atoms with Crippen LogP contribution in [0.4, 0.5) is 4.39 Å². The van der Waals surface area contributed by atoms with Crippen LogP contribution in [0.1, 0.15) is 27.2 Å². The molecule has 116 valence electrons. The van der Waals surface area contributed by atoms with Gasteiger partial charge >= 0.3 is 0 Å². The van der Waals surface area contributed by atoms with Gasteiger partial charge in [0.25, 0.3) is 0 Å². The van der Waals surface area contributed by atoms with Gasteiger partial charge < -0.3 is 15.4 Å². The molecule has 0 radical (unpaired) electrons. The van der Waals surface area contributed by atoms with Crippen LogP contribution in [0.25, 0.3) is 0 Å². The Labute approximate surface area is 123 Å². The number of rotatable bonds is 7. The highest BCUT2D eigenvalue weighted by Gasteiger charge is 2.16. The van der Waals surface area contributed by atoms with Crippen LogP contribution in [-0.2, 0) is 9.59 Å². The average Bonchev–Trinajstić information content (AvgIpc) is 2.42. The molecule has 1 rings (SSSR count). The van der Waals surface area contributed by atoms with Gasteiger partial charge in [-0.2, -0.15) is 0 Å². The molecule has 0 aliphatic carbocycles. The second-order valence-corrected chi connectivity index (χ2v) is 4.77. The van der Waals surface area contributed by atoms with Gasteiger partial charge in [0, 0.05) is 13.0 Å². The van der Waals surface area contributed by atoms with Gasteiger partial charge in [0.1, 0.15) is 23.7 Å². The van der Waals surface area contributed by atoms with E-state index in [1.54, 1.807) is 19.1 Å². The summed E-state index contributed by atoms with van der Waals surface area (Å²) in [5.41, 5.74) is 0. The molecular formula is C15H21FN2O3. The Morgan fingerprint density at radius 3 is 2.67 bits per heavy atom. The summed E-state index contributed by atoms with van der Waals surface area (Å²) in [4.78, 5) is 22.6. The van der Waals surface area contributed by atoms with E-state index >= 15 is 0 Å². The fraction of sp³-hybridized carbons (Fsp3) is 0.467. The van der Waals surface area contributed by atoms with Gasteiger partial charge in [-0.3, -0.25) is 9.59 Å². The number of ether oxygens (including phenoxy) is 1. The van der Waals surface area contributed by atoms with Gasteiger partial charge in [0.15, 0.2) is 0 Å². The summed E-state index contributed by atoms with van der Waals surface area (Å²) in [7, 11) is 0. The van der Waals surface area contributed by atoms with E-state index in [-0.39, 0.29) is 30.3 Å². The van der Waals surface area contributed by atoms with Crippen molar-refractivity contribution in [1.82, 2.24) is 10.6 Å². The quantitative estimate of drug-likeness (QED) is 0.803.